The normalized spacial score (nSPS) is 14.4. The molecule has 4 nitrogen and oxygen atoms in total. The molecule has 1 aliphatic rings. The van der Waals surface area contributed by atoms with Gasteiger partial charge in [0.25, 0.3) is 0 Å². The Morgan fingerprint density at radius 3 is 3.00 bits per heavy atom. The Balaban J connectivity index is 2.51. The number of amides is 2. The number of hydrogen-bond acceptors (Lipinski definition) is 2. The third-order valence-electron chi connectivity index (χ3n) is 2.25. The number of nitrogens with zero attached hydrogens (tertiary/aromatic N) is 1. The third kappa shape index (κ3) is 1.74. The second-order valence-electron chi connectivity index (χ2n) is 3.30. The molecule has 0 aliphatic carbocycles. The van der Waals surface area contributed by atoms with Gasteiger partial charge in [-0.3, -0.25) is 14.5 Å². The van der Waals surface area contributed by atoms with Crippen molar-refractivity contribution in [3.8, 4) is 0 Å². The highest BCUT2D eigenvalue weighted by molar-refractivity contribution is 6.30. The fraction of sp³-hybridized carbons (Fsp3) is 0.200. The highest BCUT2D eigenvalue weighted by Gasteiger charge is 2.28. The smallest absolute Gasteiger partial charge is 0.244 e. The zero-order valence-corrected chi connectivity index (χ0v) is 8.92. The lowest BCUT2D eigenvalue weighted by atomic mass is 10.2. The summed E-state index contributed by atoms with van der Waals surface area (Å²) in [6.45, 7) is -0.209. The van der Waals surface area contributed by atoms with E-state index in [0.717, 1.165) is 4.90 Å². The topological polar surface area (TPSA) is 49.4 Å². The van der Waals surface area contributed by atoms with Gasteiger partial charge in [-0.05, 0) is 12.1 Å². The number of para-hydroxylation sites is 1. The molecule has 2 amide bonds. The molecule has 1 aliphatic heterocycles. The van der Waals surface area contributed by atoms with Crippen LogP contribution < -0.4 is 10.2 Å². The summed E-state index contributed by atoms with van der Waals surface area (Å²) >= 11 is 5.41. The van der Waals surface area contributed by atoms with Crippen molar-refractivity contribution in [1.29, 1.82) is 0 Å². The highest BCUT2D eigenvalue weighted by atomic mass is 35.5. The van der Waals surface area contributed by atoms with Crippen LogP contribution in [-0.2, 0) is 9.59 Å². The van der Waals surface area contributed by atoms with E-state index < -0.39 is 11.7 Å². The number of anilines is 2. The molecule has 0 saturated heterocycles. The van der Waals surface area contributed by atoms with Crippen LogP contribution in [0.3, 0.4) is 0 Å². The van der Waals surface area contributed by atoms with Crippen LogP contribution in [0.2, 0.25) is 0 Å². The van der Waals surface area contributed by atoms with Gasteiger partial charge < -0.3 is 5.32 Å². The standard InChI is InChI=1S/C10H8ClFN2O2/c11-4-9(16)14-5-8(15)13-7-3-1-2-6(12)10(7)14/h1-3H,4-5H2,(H,13,15). The number of alkyl halides is 1. The molecule has 2 rings (SSSR count). The first kappa shape index (κ1) is 10.9. The van der Waals surface area contributed by atoms with Crippen molar-refractivity contribution in [2.45, 2.75) is 0 Å². The van der Waals surface area contributed by atoms with Crippen molar-refractivity contribution >= 4 is 34.8 Å². The summed E-state index contributed by atoms with van der Waals surface area (Å²) < 4.78 is 13.6. The maximum atomic E-state index is 13.6. The molecule has 0 aromatic heterocycles. The summed E-state index contributed by atoms with van der Waals surface area (Å²) in [5.41, 5.74) is 0.363. The van der Waals surface area contributed by atoms with Crippen molar-refractivity contribution in [3.63, 3.8) is 0 Å². The predicted octanol–water partition coefficient (Wildman–Crippen LogP) is 1.35. The number of carbonyl (C=O) groups is 2. The zero-order valence-electron chi connectivity index (χ0n) is 8.17. The third-order valence-corrected chi connectivity index (χ3v) is 2.48. The minimum atomic E-state index is -0.559. The fourth-order valence-electron chi connectivity index (χ4n) is 1.59. The van der Waals surface area contributed by atoms with Crippen molar-refractivity contribution in [3.05, 3.63) is 24.0 Å². The molecular formula is C10H8ClFN2O2. The Hall–Kier alpha value is -1.62. The van der Waals surface area contributed by atoms with Gasteiger partial charge in [-0.25, -0.2) is 4.39 Å². The first-order valence-electron chi connectivity index (χ1n) is 4.58. The molecule has 1 N–H and O–H groups in total. The lowest BCUT2D eigenvalue weighted by Crippen LogP contribution is -2.43. The van der Waals surface area contributed by atoms with Gasteiger partial charge in [0.05, 0.1) is 5.69 Å². The molecule has 84 valence electrons. The number of nitrogens with one attached hydrogen (secondary N) is 1. The second kappa shape index (κ2) is 4.09. The van der Waals surface area contributed by atoms with Gasteiger partial charge in [-0.1, -0.05) is 6.07 Å². The highest BCUT2D eigenvalue weighted by Crippen LogP contribution is 2.32. The Morgan fingerprint density at radius 2 is 2.31 bits per heavy atom. The van der Waals surface area contributed by atoms with Gasteiger partial charge in [0.1, 0.15) is 23.9 Å². The summed E-state index contributed by atoms with van der Waals surface area (Å²) in [4.78, 5) is 23.8. The molecule has 0 atom stereocenters. The summed E-state index contributed by atoms with van der Waals surface area (Å²) in [7, 11) is 0. The van der Waals surface area contributed by atoms with Crippen LogP contribution in [0.25, 0.3) is 0 Å². The van der Waals surface area contributed by atoms with Crippen LogP contribution in [-0.4, -0.2) is 24.2 Å². The molecule has 1 aromatic carbocycles. The SMILES string of the molecule is O=C1CN(C(=O)CCl)c2c(F)cccc2N1. The Kier molecular flexibility index (Phi) is 2.78. The van der Waals surface area contributed by atoms with Crippen molar-refractivity contribution < 1.29 is 14.0 Å². The molecule has 0 unspecified atom stereocenters. The van der Waals surface area contributed by atoms with Crippen molar-refractivity contribution in [2.24, 2.45) is 0 Å². The maximum Gasteiger partial charge on any atom is 0.244 e. The van der Waals surface area contributed by atoms with E-state index in [1.165, 1.54) is 18.2 Å². The fourth-order valence-corrected chi connectivity index (χ4v) is 1.73. The minimum absolute atomic E-state index is 0.0766. The second-order valence-corrected chi connectivity index (χ2v) is 3.56. The number of hydrogen-bond donors (Lipinski definition) is 1. The van der Waals surface area contributed by atoms with Crippen molar-refractivity contribution in [1.82, 2.24) is 0 Å². The van der Waals surface area contributed by atoms with Gasteiger partial charge >= 0.3 is 0 Å². The van der Waals surface area contributed by atoms with Crippen LogP contribution in [0.1, 0.15) is 0 Å². The summed E-state index contributed by atoms with van der Waals surface area (Å²) in [5, 5.41) is 2.49. The van der Waals surface area contributed by atoms with Crippen LogP contribution in [0.4, 0.5) is 15.8 Å². The van der Waals surface area contributed by atoms with E-state index in [1.54, 1.807) is 0 Å². The number of rotatable bonds is 1. The van der Waals surface area contributed by atoms with E-state index in [0.29, 0.717) is 0 Å². The van der Waals surface area contributed by atoms with Crippen LogP contribution in [0.5, 0.6) is 0 Å². The largest absolute Gasteiger partial charge is 0.323 e. The minimum Gasteiger partial charge on any atom is -0.323 e. The van der Waals surface area contributed by atoms with Crippen LogP contribution in [0.15, 0.2) is 18.2 Å². The average Bonchev–Trinajstić information content (AvgIpc) is 2.27. The molecular weight excluding hydrogens is 235 g/mol. The number of halogens is 2. The number of fused-ring (bicyclic) bond motifs is 1. The zero-order chi connectivity index (χ0) is 11.7. The van der Waals surface area contributed by atoms with Crippen molar-refractivity contribution in [2.75, 3.05) is 22.6 Å². The van der Waals surface area contributed by atoms with Gasteiger partial charge in [0.2, 0.25) is 11.8 Å². The van der Waals surface area contributed by atoms with E-state index >= 15 is 0 Å². The Morgan fingerprint density at radius 1 is 1.56 bits per heavy atom. The van der Waals surface area contributed by atoms with Crippen LogP contribution >= 0.6 is 11.6 Å². The van der Waals surface area contributed by atoms with E-state index in [4.69, 9.17) is 11.6 Å². The van der Waals surface area contributed by atoms with Gasteiger partial charge in [-0.2, -0.15) is 0 Å². The van der Waals surface area contributed by atoms with Gasteiger partial charge in [0, 0.05) is 0 Å². The molecule has 0 spiro atoms. The predicted molar refractivity (Wildman–Crippen MR) is 58.1 cm³/mol. The lowest BCUT2D eigenvalue weighted by Gasteiger charge is -2.28. The molecule has 16 heavy (non-hydrogen) atoms. The number of benzene rings is 1. The molecule has 1 heterocycles. The van der Waals surface area contributed by atoms with E-state index in [9.17, 15) is 14.0 Å². The molecule has 0 fully saturated rings. The van der Waals surface area contributed by atoms with Crippen LogP contribution in [0, 0.1) is 5.82 Å². The molecule has 1 aromatic rings. The molecule has 6 heteroatoms. The number of carbonyl (C=O) groups excluding carboxylic acids is 2. The summed E-state index contributed by atoms with van der Waals surface area (Å²) in [6.07, 6.45) is 0. The lowest BCUT2D eigenvalue weighted by molar-refractivity contribution is -0.120. The van der Waals surface area contributed by atoms with Gasteiger partial charge in [-0.15, -0.1) is 11.6 Å². The molecule has 0 bridgehead atoms. The van der Waals surface area contributed by atoms with E-state index in [2.05, 4.69) is 5.32 Å². The van der Waals surface area contributed by atoms with E-state index in [1.807, 2.05) is 0 Å². The molecule has 0 radical (unpaired) electrons. The monoisotopic (exact) mass is 242 g/mol. The molecule has 0 saturated carbocycles. The summed E-state index contributed by atoms with van der Waals surface area (Å²) in [5.74, 6) is -1.71. The van der Waals surface area contributed by atoms with E-state index in [-0.39, 0.29) is 29.7 Å². The Bertz CT molecular complexity index is 464. The first-order chi connectivity index (χ1) is 7.63. The average molecular weight is 243 g/mol. The maximum absolute atomic E-state index is 13.6. The Labute approximate surface area is 96.0 Å². The first-order valence-corrected chi connectivity index (χ1v) is 5.11. The van der Waals surface area contributed by atoms with Gasteiger partial charge in [0.15, 0.2) is 0 Å². The summed E-state index contributed by atoms with van der Waals surface area (Å²) in [6, 6.07) is 4.22. The quantitative estimate of drug-likeness (QED) is 0.756.